The van der Waals surface area contributed by atoms with Crippen LogP contribution in [0.4, 0.5) is 0 Å². The van der Waals surface area contributed by atoms with E-state index in [-0.39, 0.29) is 59.0 Å². The molecule has 0 saturated carbocycles. The molecule has 0 spiro atoms. The Labute approximate surface area is 421 Å². The molecule has 0 bridgehead atoms. The summed E-state index contributed by atoms with van der Waals surface area (Å²) in [4.78, 5) is -0.352. The van der Waals surface area contributed by atoms with E-state index in [1.54, 1.807) is 42.5 Å². The Bertz CT molecular complexity index is 1970. The first kappa shape index (κ1) is 58.3. The third kappa shape index (κ3) is 24.7. The van der Waals surface area contributed by atoms with Crippen molar-refractivity contribution in [1.82, 2.24) is 0 Å². The van der Waals surface area contributed by atoms with Crippen molar-refractivity contribution in [2.75, 3.05) is 0 Å². The molecule has 13 heteroatoms. The summed E-state index contributed by atoms with van der Waals surface area (Å²) in [6.45, 7) is 4.48. The van der Waals surface area contributed by atoms with Crippen LogP contribution in [-0.4, -0.2) is 68.8 Å². The Morgan fingerprint density at radius 2 is 0.831 bits per heavy atom. The molecule has 0 fully saturated rings. The van der Waals surface area contributed by atoms with Gasteiger partial charge in [-0.15, -0.1) is 5.75 Å². The molecule has 2 N–H and O–H groups in total. The van der Waals surface area contributed by atoms with Crippen LogP contribution in [0.5, 0.6) is 34.5 Å². The maximum atomic E-state index is 11.9. The zero-order chi connectivity index (χ0) is 46.5. The molecule has 0 amide bonds. The molecule has 0 saturated heterocycles. The Morgan fingerprint density at radius 1 is 0.477 bits per heavy atom. The normalized spacial score (nSPS) is 11.4. The zero-order valence-electron chi connectivity index (χ0n) is 39.2. The minimum absolute atomic E-state index is 0. The molecule has 0 aliphatic heterocycles. The third-order valence-electron chi connectivity index (χ3n) is 11.4. The molecule has 4 aromatic rings. The smallest absolute Gasteiger partial charge is 0.872 e. The van der Waals surface area contributed by atoms with Crippen LogP contribution in [-0.2, 0) is 33.1 Å². The molecule has 65 heavy (non-hydrogen) atoms. The first-order valence-electron chi connectivity index (χ1n) is 23.9. The molecule has 0 atom stereocenters. The van der Waals surface area contributed by atoms with Crippen molar-refractivity contribution in [3.8, 4) is 34.5 Å². The molecule has 10 nitrogen and oxygen atoms in total. The van der Waals surface area contributed by atoms with Crippen LogP contribution in [0, 0.1) is 0 Å². The van der Waals surface area contributed by atoms with E-state index < -0.39 is 20.2 Å². The van der Waals surface area contributed by atoms with Crippen molar-refractivity contribution in [3.05, 3.63) is 96.1 Å². The molecule has 356 valence electrons. The number of phenols is 1. The molecule has 4 rings (SSSR count). The SMILES string of the molecule is CCCCCCCCCCCCCCc1c(Oc2cccc(O)c2)cccc1S(=O)(=O)O.CCCCCCCCCCCCCCc1c(Oc2cccc([O-])c2)cccc1S(=O)(=O)[O-].[Ca+2]. The van der Waals surface area contributed by atoms with Crippen molar-refractivity contribution < 1.29 is 45.6 Å². The van der Waals surface area contributed by atoms with Gasteiger partial charge in [-0.3, -0.25) is 4.55 Å². The molecular weight excluding hydrogens is 889 g/mol. The molecule has 0 aliphatic carbocycles. The van der Waals surface area contributed by atoms with Gasteiger partial charge in [0.25, 0.3) is 10.1 Å². The van der Waals surface area contributed by atoms with Gasteiger partial charge in [0.15, 0.2) is 0 Å². The molecular formula is C52H74CaO10S2. The van der Waals surface area contributed by atoms with Gasteiger partial charge in [-0.1, -0.05) is 185 Å². The fourth-order valence-corrected chi connectivity index (χ4v) is 9.39. The summed E-state index contributed by atoms with van der Waals surface area (Å²) in [7, 11) is -8.97. The summed E-state index contributed by atoms with van der Waals surface area (Å²) in [6.07, 6.45) is 30.1. The van der Waals surface area contributed by atoms with Crippen LogP contribution >= 0.6 is 0 Å². The maximum absolute atomic E-state index is 11.9. The van der Waals surface area contributed by atoms with Gasteiger partial charge in [0.05, 0.1) is 4.90 Å². The number of hydrogen-bond donors (Lipinski definition) is 2. The minimum Gasteiger partial charge on any atom is -0.872 e. The van der Waals surface area contributed by atoms with E-state index in [1.165, 1.54) is 158 Å². The van der Waals surface area contributed by atoms with E-state index in [4.69, 9.17) is 9.47 Å². The van der Waals surface area contributed by atoms with Crippen molar-refractivity contribution >= 4 is 58.0 Å². The summed E-state index contributed by atoms with van der Waals surface area (Å²) < 4.78 is 80.4. The van der Waals surface area contributed by atoms with Gasteiger partial charge in [0, 0.05) is 17.2 Å². The molecule has 0 unspecified atom stereocenters. The van der Waals surface area contributed by atoms with Crippen LogP contribution < -0.4 is 14.6 Å². The average Bonchev–Trinajstić information content (AvgIpc) is 3.25. The second-order valence-electron chi connectivity index (χ2n) is 16.8. The van der Waals surface area contributed by atoms with Crippen LogP contribution in [0.2, 0.25) is 0 Å². The van der Waals surface area contributed by atoms with Gasteiger partial charge in [-0.25, -0.2) is 8.42 Å². The quantitative estimate of drug-likeness (QED) is 0.0272. The topological polar surface area (TPSA) is 173 Å². The standard InChI is InChI=1S/2C26H38O5S.Ca/c2*1-2-3-4-5-6-7-8-9-10-11-12-13-18-24-25(19-15-20-26(24)32(28,29)30)31-23-17-14-16-22(27)21-23;/h2*14-17,19-21,27H,2-13,18H2,1H3,(H,28,29,30);/q;;+2/p-2. The van der Waals surface area contributed by atoms with Crippen molar-refractivity contribution in [2.45, 2.75) is 191 Å². The summed E-state index contributed by atoms with van der Waals surface area (Å²) >= 11 is 0. The van der Waals surface area contributed by atoms with Crippen LogP contribution in [0.1, 0.15) is 179 Å². The Kier molecular flexibility index (Phi) is 30.1. The van der Waals surface area contributed by atoms with Crippen LogP contribution in [0.15, 0.2) is 94.7 Å². The Hall–Kier alpha value is -2.84. The Balaban J connectivity index is 0.000000440. The van der Waals surface area contributed by atoms with Crippen LogP contribution in [0.25, 0.3) is 0 Å². The summed E-state index contributed by atoms with van der Waals surface area (Å²) in [5, 5.41) is 21.2. The minimum atomic E-state index is -4.61. The predicted molar refractivity (Wildman–Crippen MR) is 260 cm³/mol. The average molecular weight is 963 g/mol. The van der Waals surface area contributed by atoms with Gasteiger partial charge >= 0.3 is 37.7 Å². The largest absolute Gasteiger partial charge is 2.00 e. The van der Waals surface area contributed by atoms with E-state index in [9.17, 15) is 36.2 Å². The number of ether oxygens (including phenoxy) is 2. The second-order valence-corrected chi connectivity index (χ2v) is 19.6. The predicted octanol–water partition coefficient (Wildman–Crippen LogP) is 14.0. The number of aromatic hydroxyl groups is 1. The number of unbranched alkanes of at least 4 members (excludes halogenated alkanes) is 22. The van der Waals surface area contributed by atoms with Crippen LogP contribution in [0.3, 0.4) is 0 Å². The molecule has 4 aromatic carbocycles. The maximum Gasteiger partial charge on any atom is 2.00 e. The Morgan fingerprint density at radius 3 is 1.22 bits per heavy atom. The number of phenolic OH excluding ortho intramolecular Hbond substituents is 1. The number of benzene rings is 4. The number of hydrogen-bond acceptors (Lipinski definition) is 9. The fourth-order valence-electron chi connectivity index (χ4n) is 7.88. The van der Waals surface area contributed by atoms with E-state index >= 15 is 0 Å². The van der Waals surface area contributed by atoms with Crippen molar-refractivity contribution in [2.24, 2.45) is 0 Å². The summed E-state index contributed by atoms with van der Waals surface area (Å²) in [6, 6.07) is 21.4. The van der Waals surface area contributed by atoms with Crippen molar-refractivity contribution in [1.29, 1.82) is 0 Å². The summed E-state index contributed by atoms with van der Waals surface area (Å²) in [5.41, 5.74) is 0.872. The first-order chi connectivity index (χ1) is 30.8. The van der Waals surface area contributed by atoms with Crippen molar-refractivity contribution in [3.63, 3.8) is 0 Å². The fraction of sp³-hybridized carbons (Fsp3) is 0.538. The van der Waals surface area contributed by atoms with E-state index in [0.717, 1.165) is 38.5 Å². The van der Waals surface area contributed by atoms with E-state index in [2.05, 4.69) is 13.8 Å². The first-order valence-corrected chi connectivity index (χ1v) is 26.8. The van der Waals surface area contributed by atoms with Gasteiger partial charge in [-0.05, 0) is 74.2 Å². The van der Waals surface area contributed by atoms with Gasteiger partial charge in [-0.2, -0.15) is 8.42 Å². The number of rotatable bonds is 32. The molecule has 0 aromatic heterocycles. The van der Waals surface area contributed by atoms with E-state index in [1.807, 2.05) is 0 Å². The summed E-state index contributed by atoms with van der Waals surface area (Å²) in [5.74, 6) is 1.31. The monoisotopic (exact) mass is 962 g/mol. The zero-order valence-corrected chi connectivity index (χ0v) is 43.0. The van der Waals surface area contributed by atoms with Gasteiger partial charge in [0.1, 0.15) is 43.8 Å². The van der Waals surface area contributed by atoms with E-state index in [0.29, 0.717) is 47.0 Å². The molecule has 0 aliphatic rings. The van der Waals surface area contributed by atoms with Gasteiger partial charge < -0.3 is 24.2 Å². The molecule has 0 heterocycles. The molecule has 0 radical (unpaired) electrons. The second kappa shape index (κ2) is 33.6. The third-order valence-corrected chi connectivity index (χ3v) is 13.2. The van der Waals surface area contributed by atoms with Gasteiger partial charge in [0.2, 0.25) is 0 Å².